The monoisotopic (exact) mass is 605 g/mol. The van der Waals surface area contributed by atoms with Crippen molar-refractivity contribution in [3.05, 3.63) is 58.4 Å². The van der Waals surface area contributed by atoms with Gasteiger partial charge in [0.05, 0.1) is 37.5 Å². The van der Waals surface area contributed by atoms with Crippen LogP contribution in [-0.2, 0) is 31.1 Å². The normalized spacial score (nSPS) is 23.6. The average molecular weight is 606 g/mol. The Labute approximate surface area is 251 Å². The zero-order valence-corrected chi connectivity index (χ0v) is 24.3. The van der Waals surface area contributed by atoms with Gasteiger partial charge in [-0.1, -0.05) is 11.2 Å². The van der Waals surface area contributed by atoms with Crippen molar-refractivity contribution in [1.82, 2.24) is 15.2 Å². The van der Waals surface area contributed by atoms with E-state index in [4.69, 9.17) is 10.6 Å². The number of carbonyl (C=O) groups excluding carboxylic acids is 4. The highest BCUT2D eigenvalue weighted by Crippen LogP contribution is 2.38. The Bertz CT molecular complexity index is 1590. The zero-order chi connectivity index (χ0) is 30.2. The Kier molecular flexibility index (Phi) is 7.69. The van der Waals surface area contributed by atoms with Gasteiger partial charge in [-0.15, -0.1) is 11.3 Å². The molecule has 4 aliphatic rings. The molecule has 0 aromatic carbocycles. The van der Waals surface area contributed by atoms with Crippen LogP contribution in [0.25, 0.3) is 0 Å². The Morgan fingerprint density at radius 1 is 1.23 bits per heavy atom. The largest absolute Gasteiger partial charge is 0.543 e. The predicted octanol–water partition coefficient (Wildman–Crippen LogP) is 0.0698. The number of nitrogen functional groups attached to an aromatic ring is 1. The van der Waals surface area contributed by atoms with Crippen LogP contribution in [0, 0.1) is 0 Å². The number of amides is 3. The quantitative estimate of drug-likeness (QED) is 0.140. The summed E-state index contributed by atoms with van der Waals surface area (Å²) in [6, 6.07) is 3.99. The number of hydrogen-bond acceptors (Lipinski definition) is 10. The molecule has 14 heteroatoms. The molecule has 2 atom stereocenters. The van der Waals surface area contributed by atoms with Crippen molar-refractivity contribution in [2.24, 2.45) is 12.2 Å². The minimum atomic E-state index is -1.52. The maximum absolute atomic E-state index is 13.3. The van der Waals surface area contributed by atoms with E-state index in [0.29, 0.717) is 30.5 Å². The molecule has 0 bridgehead atoms. The number of nitrogens with two attached hydrogens (primary N) is 1. The molecule has 1 aliphatic carbocycles. The molecule has 13 nitrogen and oxygen atoms in total. The van der Waals surface area contributed by atoms with Crippen molar-refractivity contribution in [1.29, 1.82) is 0 Å². The van der Waals surface area contributed by atoms with Gasteiger partial charge in [0, 0.05) is 23.4 Å². The fraction of sp³-hybridized carbons (Fsp3) is 0.414. The van der Waals surface area contributed by atoms with Gasteiger partial charge in [-0.25, -0.2) is 14.3 Å². The maximum atomic E-state index is 13.3. The van der Waals surface area contributed by atoms with Gasteiger partial charge in [-0.05, 0) is 56.2 Å². The molecule has 2 saturated heterocycles. The van der Waals surface area contributed by atoms with Gasteiger partial charge in [-0.3, -0.25) is 9.59 Å². The fourth-order valence-electron chi connectivity index (χ4n) is 6.12. The van der Waals surface area contributed by atoms with Gasteiger partial charge in [-0.2, -0.15) is 4.90 Å². The van der Waals surface area contributed by atoms with Crippen LogP contribution in [0.15, 0.2) is 57.9 Å². The number of oxime groups is 1. The second kappa shape index (κ2) is 11.6. The molecule has 5 heterocycles. The highest BCUT2D eigenvalue weighted by Gasteiger charge is 2.52. The van der Waals surface area contributed by atoms with Gasteiger partial charge in [0.25, 0.3) is 17.6 Å². The van der Waals surface area contributed by atoms with Crippen LogP contribution in [-0.4, -0.2) is 64.0 Å². The molecule has 3 N–H and O–H groups in total. The van der Waals surface area contributed by atoms with E-state index in [-0.39, 0.29) is 40.7 Å². The summed E-state index contributed by atoms with van der Waals surface area (Å²) in [4.78, 5) is 64.7. The molecule has 3 amide bonds. The average Bonchev–Trinajstić information content (AvgIpc) is 3.74. The molecule has 2 aromatic rings. The molecule has 224 valence electrons. The zero-order valence-electron chi connectivity index (χ0n) is 23.5. The van der Waals surface area contributed by atoms with Crippen LogP contribution in [0.2, 0.25) is 0 Å². The number of nitrogens with zero attached hydrogens (tertiary/aromatic N) is 5. The number of hydrogen-bond donors (Lipinski definition) is 2. The number of thiazole rings is 1. The number of fused-ring (bicyclic) bond motifs is 1. The molecule has 3 fully saturated rings. The predicted molar refractivity (Wildman–Crippen MR) is 153 cm³/mol. The lowest BCUT2D eigenvalue weighted by atomic mass is 9.82. The Morgan fingerprint density at radius 2 is 2.02 bits per heavy atom. The first-order valence-electron chi connectivity index (χ1n) is 14.2. The topological polar surface area (TPSA) is 174 Å². The minimum absolute atomic E-state index is 0.0980. The Hall–Kier alpha value is -4.59. The molecule has 0 unspecified atom stereocenters. The number of rotatable bonds is 8. The van der Waals surface area contributed by atoms with Crippen molar-refractivity contribution >= 4 is 51.7 Å². The van der Waals surface area contributed by atoms with E-state index < -0.39 is 29.9 Å². The van der Waals surface area contributed by atoms with Crippen molar-refractivity contribution < 1.29 is 33.7 Å². The molecule has 2 aromatic heterocycles. The van der Waals surface area contributed by atoms with Crippen LogP contribution in [0.1, 0.15) is 50.6 Å². The smallest absolute Gasteiger partial charge is 0.337 e. The van der Waals surface area contributed by atoms with E-state index in [1.54, 1.807) is 16.4 Å². The van der Waals surface area contributed by atoms with Gasteiger partial charge in [0.1, 0.15) is 17.8 Å². The number of carboxylic acid groups (broad SMARTS) is 1. The Balaban J connectivity index is 1.20. The lowest BCUT2D eigenvalue weighted by Crippen LogP contribution is -2.72. The highest BCUT2D eigenvalue weighted by atomic mass is 32.1. The van der Waals surface area contributed by atoms with Gasteiger partial charge >= 0.3 is 5.91 Å². The number of aromatic nitrogens is 2. The highest BCUT2D eigenvalue weighted by molar-refractivity contribution is 7.13. The van der Waals surface area contributed by atoms with E-state index in [2.05, 4.69) is 15.5 Å². The summed E-state index contributed by atoms with van der Waals surface area (Å²) in [7, 11) is 1.84. The third kappa shape index (κ3) is 5.38. The summed E-state index contributed by atoms with van der Waals surface area (Å²) >= 11 is 1.14. The van der Waals surface area contributed by atoms with E-state index in [1.807, 2.05) is 36.0 Å². The van der Waals surface area contributed by atoms with Gasteiger partial charge in [0.15, 0.2) is 10.8 Å². The van der Waals surface area contributed by atoms with Crippen molar-refractivity contribution in [3.63, 3.8) is 0 Å². The molecule has 6 rings (SSSR count). The number of carboxylic acids is 1. The number of pyridine rings is 1. The van der Waals surface area contributed by atoms with Gasteiger partial charge in [0.2, 0.25) is 0 Å². The third-order valence-corrected chi connectivity index (χ3v) is 8.98. The molecular formula is C29H31N7O6S. The lowest BCUT2D eigenvalue weighted by Gasteiger charge is -2.51. The van der Waals surface area contributed by atoms with Crippen LogP contribution in [0.5, 0.6) is 0 Å². The van der Waals surface area contributed by atoms with Crippen molar-refractivity contribution in [2.75, 3.05) is 17.2 Å². The number of nitrogens with one attached hydrogen (secondary N) is 1. The minimum Gasteiger partial charge on any atom is -0.543 e. The SMILES string of the molecule is C[n+]1ccccc1N1CCC(=CC2=C(C(=O)[O-])N3C(=O)[C@@H](NC(=O)C(=NOC4CCCC4)c4csc(N)n4)[C@H]3CC2)C1=O. The fourth-order valence-corrected chi connectivity index (χ4v) is 6.67. The van der Waals surface area contributed by atoms with E-state index in [9.17, 15) is 24.3 Å². The number of aliphatic carboxylic acids is 1. The summed E-state index contributed by atoms with van der Waals surface area (Å²) in [6.07, 6.45) is 8.12. The number of carbonyl (C=O) groups is 4. The molecule has 0 spiro atoms. The molecular weight excluding hydrogens is 574 g/mol. The maximum Gasteiger partial charge on any atom is 0.337 e. The summed E-state index contributed by atoms with van der Waals surface area (Å²) < 4.78 is 1.84. The van der Waals surface area contributed by atoms with Crippen LogP contribution in [0.4, 0.5) is 10.9 Å². The van der Waals surface area contributed by atoms with E-state index >= 15 is 0 Å². The van der Waals surface area contributed by atoms with Crippen LogP contribution < -0.4 is 25.6 Å². The summed E-state index contributed by atoms with van der Waals surface area (Å²) in [5, 5.41) is 20.9. The van der Waals surface area contributed by atoms with E-state index in [1.165, 1.54) is 0 Å². The third-order valence-electron chi connectivity index (χ3n) is 8.31. The van der Waals surface area contributed by atoms with Crippen LogP contribution >= 0.6 is 11.3 Å². The lowest BCUT2D eigenvalue weighted by molar-refractivity contribution is -0.658. The number of anilines is 2. The van der Waals surface area contributed by atoms with Crippen molar-refractivity contribution in [3.8, 4) is 0 Å². The number of β-lactam (4-membered cyclic amide) rings is 1. The summed E-state index contributed by atoms with van der Waals surface area (Å²) in [6.45, 7) is 0.453. The first kappa shape index (κ1) is 28.5. The van der Waals surface area contributed by atoms with Crippen molar-refractivity contribution in [2.45, 2.75) is 63.1 Å². The Morgan fingerprint density at radius 3 is 2.72 bits per heavy atom. The van der Waals surface area contributed by atoms with E-state index in [0.717, 1.165) is 47.7 Å². The summed E-state index contributed by atoms with van der Waals surface area (Å²) in [5.41, 5.74) is 6.44. The standard InChI is InChI=1S/C29H31N7O6S/c1-34-12-5-4-8-21(34)35-13-11-17(26(35)38)14-16-9-10-20-23(27(39)36(20)24(16)28(40)41)32-25(37)22(19-15-43-29(30)31-19)33-42-18-6-2-3-7-18/h4-5,8,12,14-15,18,20,23H,2-3,6-7,9-11,13H2,1H3,(H3-,30,31,32,37,40,41)/t20-,23+/m1/s1. The number of allylic oxidation sites excluding steroid dienone is 2. The number of aryl methyl sites for hydroxylation is 1. The van der Waals surface area contributed by atoms with Crippen LogP contribution in [0.3, 0.4) is 0 Å². The molecule has 1 saturated carbocycles. The second-order valence-corrected chi connectivity index (χ2v) is 11.9. The second-order valence-electron chi connectivity index (χ2n) is 11.0. The molecule has 43 heavy (non-hydrogen) atoms. The molecule has 3 aliphatic heterocycles. The van der Waals surface area contributed by atoms with Gasteiger partial charge < -0.3 is 30.7 Å². The first-order valence-corrected chi connectivity index (χ1v) is 15.1. The summed E-state index contributed by atoms with van der Waals surface area (Å²) in [5.74, 6) is -2.26. The molecule has 0 radical (unpaired) electrons. The first-order chi connectivity index (χ1) is 20.7.